The molecule has 0 aliphatic carbocycles. The number of rotatable bonds is 7. The summed E-state index contributed by atoms with van der Waals surface area (Å²) < 4.78 is 10.5. The first-order valence-corrected chi connectivity index (χ1v) is 4.36. The maximum absolute atomic E-state index is 5.32. The van der Waals surface area contributed by atoms with Crippen molar-refractivity contribution in [2.45, 2.75) is 33.0 Å². The van der Waals surface area contributed by atoms with Gasteiger partial charge in [-0.3, -0.25) is 0 Å². The Kier molecular flexibility index (Phi) is 7.81. The van der Waals surface area contributed by atoms with Gasteiger partial charge in [0.1, 0.15) is 0 Å². The van der Waals surface area contributed by atoms with E-state index in [2.05, 4.69) is 13.5 Å². The predicted octanol–water partition coefficient (Wildman–Crippen LogP) is 2.87. The summed E-state index contributed by atoms with van der Waals surface area (Å²) in [7, 11) is 0. The summed E-state index contributed by atoms with van der Waals surface area (Å²) in [6.07, 6.45) is 7.06. The van der Waals surface area contributed by atoms with E-state index in [-0.39, 0.29) is 6.29 Å². The third kappa shape index (κ3) is 7.35. The third-order valence-corrected chi connectivity index (χ3v) is 1.34. The van der Waals surface area contributed by atoms with Crippen LogP contribution in [0.5, 0.6) is 0 Å². The molecule has 1 unspecified atom stereocenters. The topological polar surface area (TPSA) is 18.5 Å². The predicted molar refractivity (Wildman–Crippen MR) is 50.7 cm³/mol. The SMILES string of the molecule is C=C/C=C\OC(C)OCCCC. The van der Waals surface area contributed by atoms with Crippen molar-refractivity contribution in [3.63, 3.8) is 0 Å². The standard InChI is InChI=1S/C10H18O2/c1-4-6-8-11-10(3)12-9-7-5-2/h4,6,8,10H,1,5,7,9H2,2-3H3/b8-6-. The lowest BCUT2D eigenvalue weighted by molar-refractivity contribution is -0.0933. The molecule has 2 heteroatoms. The zero-order valence-corrected chi connectivity index (χ0v) is 7.95. The quantitative estimate of drug-likeness (QED) is 0.253. The van der Waals surface area contributed by atoms with Crippen LogP contribution in [0.2, 0.25) is 0 Å². The highest BCUT2D eigenvalue weighted by Gasteiger charge is 1.97. The lowest BCUT2D eigenvalue weighted by Gasteiger charge is -2.11. The highest BCUT2D eigenvalue weighted by atomic mass is 16.7. The van der Waals surface area contributed by atoms with E-state index in [4.69, 9.17) is 9.47 Å². The molecule has 70 valence electrons. The van der Waals surface area contributed by atoms with Gasteiger partial charge >= 0.3 is 0 Å². The van der Waals surface area contributed by atoms with Gasteiger partial charge in [-0.25, -0.2) is 0 Å². The molecule has 0 aliphatic rings. The van der Waals surface area contributed by atoms with Gasteiger partial charge in [-0.05, 0) is 19.4 Å². The average Bonchev–Trinajstić information content (AvgIpc) is 2.06. The van der Waals surface area contributed by atoms with Crippen LogP contribution in [-0.4, -0.2) is 12.9 Å². The molecular weight excluding hydrogens is 152 g/mol. The van der Waals surface area contributed by atoms with Gasteiger partial charge in [0.25, 0.3) is 0 Å². The molecule has 12 heavy (non-hydrogen) atoms. The van der Waals surface area contributed by atoms with Crippen molar-refractivity contribution in [2.24, 2.45) is 0 Å². The van der Waals surface area contributed by atoms with Crippen molar-refractivity contribution >= 4 is 0 Å². The van der Waals surface area contributed by atoms with Gasteiger partial charge in [-0.2, -0.15) is 0 Å². The van der Waals surface area contributed by atoms with Gasteiger partial charge in [-0.1, -0.05) is 26.0 Å². The molecule has 2 nitrogen and oxygen atoms in total. The molecule has 0 saturated carbocycles. The summed E-state index contributed by atoms with van der Waals surface area (Å²) in [6, 6.07) is 0. The Labute approximate surface area is 74.9 Å². The minimum Gasteiger partial charge on any atom is -0.473 e. The second-order valence-electron chi connectivity index (χ2n) is 2.49. The Hall–Kier alpha value is -0.760. The van der Waals surface area contributed by atoms with Crippen LogP contribution in [0.1, 0.15) is 26.7 Å². The third-order valence-electron chi connectivity index (χ3n) is 1.34. The number of allylic oxidation sites excluding steroid dienone is 2. The molecule has 0 bridgehead atoms. The summed E-state index contributed by atoms with van der Waals surface area (Å²) >= 11 is 0. The first-order chi connectivity index (χ1) is 5.81. The van der Waals surface area contributed by atoms with Crippen LogP contribution in [0.25, 0.3) is 0 Å². The van der Waals surface area contributed by atoms with Crippen LogP contribution in [0.3, 0.4) is 0 Å². The Morgan fingerprint density at radius 3 is 2.83 bits per heavy atom. The largest absolute Gasteiger partial charge is 0.473 e. The number of hydrogen-bond acceptors (Lipinski definition) is 2. The molecular formula is C10H18O2. The van der Waals surface area contributed by atoms with E-state index in [1.54, 1.807) is 18.4 Å². The molecule has 0 aromatic heterocycles. The van der Waals surface area contributed by atoms with E-state index >= 15 is 0 Å². The van der Waals surface area contributed by atoms with Crippen molar-refractivity contribution in [1.82, 2.24) is 0 Å². The maximum Gasteiger partial charge on any atom is 0.196 e. The van der Waals surface area contributed by atoms with Crippen LogP contribution in [-0.2, 0) is 9.47 Å². The fraction of sp³-hybridized carbons (Fsp3) is 0.600. The zero-order chi connectivity index (χ0) is 9.23. The molecule has 0 saturated heterocycles. The fourth-order valence-electron chi connectivity index (χ4n) is 0.644. The Morgan fingerprint density at radius 1 is 1.50 bits per heavy atom. The van der Waals surface area contributed by atoms with E-state index in [0.717, 1.165) is 19.4 Å². The van der Waals surface area contributed by atoms with E-state index in [1.165, 1.54) is 0 Å². The zero-order valence-electron chi connectivity index (χ0n) is 7.95. The molecule has 0 aliphatic heterocycles. The van der Waals surface area contributed by atoms with Gasteiger partial charge in [0, 0.05) is 0 Å². The van der Waals surface area contributed by atoms with Crippen LogP contribution < -0.4 is 0 Å². The summed E-state index contributed by atoms with van der Waals surface area (Å²) in [5.74, 6) is 0. The lowest BCUT2D eigenvalue weighted by atomic mass is 10.4. The van der Waals surface area contributed by atoms with Crippen molar-refractivity contribution in [1.29, 1.82) is 0 Å². The van der Waals surface area contributed by atoms with E-state index in [1.807, 2.05) is 6.92 Å². The first-order valence-electron chi connectivity index (χ1n) is 4.36. The molecule has 0 spiro atoms. The van der Waals surface area contributed by atoms with Gasteiger partial charge in [0.15, 0.2) is 6.29 Å². The maximum atomic E-state index is 5.32. The normalized spacial score (nSPS) is 13.2. The summed E-state index contributed by atoms with van der Waals surface area (Å²) in [6.45, 7) is 8.30. The lowest BCUT2D eigenvalue weighted by Crippen LogP contribution is -2.10. The van der Waals surface area contributed by atoms with E-state index < -0.39 is 0 Å². The number of unbranched alkanes of at least 4 members (excludes halogenated alkanes) is 1. The second-order valence-corrected chi connectivity index (χ2v) is 2.49. The Morgan fingerprint density at radius 2 is 2.25 bits per heavy atom. The summed E-state index contributed by atoms with van der Waals surface area (Å²) in [4.78, 5) is 0. The first kappa shape index (κ1) is 11.2. The van der Waals surface area contributed by atoms with Crippen LogP contribution in [0.4, 0.5) is 0 Å². The van der Waals surface area contributed by atoms with E-state index in [9.17, 15) is 0 Å². The molecule has 0 N–H and O–H groups in total. The molecule has 0 amide bonds. The van der Waals surface area contributed by atoms with E-state index in [0.29, 0.717) is 0 Å². The van der Waals surface area contributed by atoms with Gasteiger partial charge < -0.3 is 9.47 Å². The smallest absolute Gasteiger partial charge is 0.196 e. The monoisotopic (exact) mass is 170 g/mol. The molecule has 0 aromatic rings. The van der Waals surface area contributed by atoms with Crippen LogP contribution in [0.15, 0.2) is 25.0 Å². The molecule has 0 heterocycles. The summed E-state index contributed by atoms with van der Waals surface area (Å²) in [5, 5.41) is 0. The van der Waals surface area contributed by atoms with Gasteiger partial charge in [0.2, 0.25) is 0 Å². The average molecular weight is 170 g/mol. The van der Waals surface area contributed by atoms with Crippen molar-refractivity contribution in [3.8, 4) is 0 Å². The van der Waals surface area contributed by atoms with Crippen molar-refractivity contribution < 1.29 is 9.47 Å². The molecule has 0 radical (unpaired) electrons. The second kappa shape index (κ2) is 8.34. The molecule has 0 rings (SSSR count). The number of hydrogen-bond donors (Lipinski definition) is 0. The minimum atomic E-state index is -0.159. The fourth-order valence-corrected chi connectivity index (χ4v) is 0.644. The van der Waals surface area contributed by atoms with Crippen LogP contribution >= 0.6 is 0 Å². The summed E-state index contributed by atoms with van der Waals surface area (Å²) in [5.41, 5.74) is 0. The van der Waals surface area contributed by atoms with Gasteiger partial charge in [0.05, 0.1) is 12.9 Å². The molecule has 1 atom stereocenters. The van der Waals surface area contributed by atoms with Crippen LogP contribution in [0, 0.1) is 0 Å². The molecule has 0 fully saturated rings. The minimum absolute atomic E-state index is 0.159. The Bertz CT molecular complexity index is 130. The van der Waals surface area contributed by atoms with Crippen molar-refractivity contribution in [3.05, 3.63) is 25.0 Å². The van der Waals surface area contributed by atoms with Crippen molar-refractivity contribution in [2.75, 3.05) is 6.61 Å². The Balaban J connectivity index is 3.26. The highest BCUT2D eigenvalue weighted by Crippen LogP contribution is 1.97. The number of ether oxygens (including phenoxy) is 2. The van der Waals surface area contributed by atoms with Gasteiger partial charge in [-0.15, -0.1) is 0 Å². The highest BCUT2D eigenvalue weighted by molar-refractivity contribution is 4.92. The molecule has 0 aromatic carbocycles.